The molecule has 138 valence electrons. The number of nitrogens with zero attached hydrogens (tertiary/aromatic N) is 2. The van der Waals surface area contributed by atoms with Crippen LogP contribution in [-0.4, -0.2) is 60.7 Å². The topological polar surface area (TPSA) is 59.1 Å². The Bertz CT molecular complexity index is 657. The van der Waals surface area contributed by atoms with Gasteiger partial charge in [-0.15, -0.1) is 0 Å². The molecule has 1 unspecified atom stereocenters. The van der Waals surface area contributed by atoms with E-state index < -0.39 is 5.60 Å². The molecule has 6 nitrogen and oxygen atoms in total. The molecule has 25 heavy (non-hydrogen) atoms. The Morgan fingerprint density at radius 3 is 2.60 bits per heavy atom. The molecule has 1 heterocycles. The number of halogens is 1. The van der Waals surface area contributed by atoms with E-state index in [1.807, 2.05) is 20.8 Å². The van der Waals surface area contributed by atoms with Crippen molar-refractivity contribution < 1.29 is 19.1 Å². The fraction of sp³-hybridized carbons (Fsp3) is 0.556. The zero-order valence-corrected chi connectivity index (χ0v) is 16.9. The van der Waals surface area contributed by atoms with Gasteiger partial charge in [-0.3, -0.25) is 4.79 Å². The summed E-state index contributed by atoms with van der Waals surface area (Å²) < 4.78 is 11.3. The molecule has 0 bridgehead atoms. The highest BCUT2D eigenvalue weighted by atomic mass is 79.9. The molecule has 1 atom stereocenters. The number of benzene rings is 1. The van der Waals surface area contributed by atoms with Crippen molar-refractivity contribution in [2.45, 2.75) is 38.8 Å². The van der Waals surface area contributed by atoms with Crippen molar-refractivity contribution in [2.24, 2.45) is 0 Å². The van der Waals surface area contributed by atoms with Gasteiger partial charge in [0.15, 0.2) is 0 Å². The summed E-state index contributed by atoms with van der Waals surface area (Å²) >= 11 is 3.42. The Morgan fingerprint density at radius 1 is 1.32 bits per heavy atom. The predicted octanol–water partition coefficient (Wildman–Crippen LogP) is 3.54. The molecule has 1 fully saturated rings. The first-order valence-electron chi connectivity index (χ1n) is 8.21. The molecule has 1 aromatic rings. The number of hydrogen-bond acceptors (Lipinski definition) is 4. The lowest BCUT2D eigenvalue weighted by atomic mass is 10.1. The van der Waals surface area contributed by atoms with Crippen molar-refractivity contribution in [1.82, 2.24) is 9.80 Å². The van der Waals surface area contributed by atoms with Gasteiger partial charge in [0.25, 0.3) is 5.91 Å². The van der Waals surface area contributed by atoms with Crippen LogP contribution < -0.4 is 4.74 Å². The number of carbonyl (C=O) groups is 2. The van der Waals surface area contributed by atoms with Crippen LogP contribution in [-0.2, 0) is 4.74 Å². The van der Waals surface area contributed by atoms with Gasteiger partial charge >= 0.3 is 6.09 Å². The van der Waals surface area contributed by atoms with Gasteiger partial charge in [0, 0.05) is 24.6 Å². The summed E-state index contributed by atoms with van der Waals surface area (Å²) in [7, 11) is 3.33. The maximum Gasteiger partial charge on any atom is 0.410 e. The maximum absolute atomic E-state index is 12.8. The van der Waals surface area contributed by atoms with Gasteiger partial charge in [0.05, 0.1) is 18.7 Å². The quantitative estimate of drug-likeness (QED) is 0.761. The van der Waals surface area contributed by atoms with E-state index in [1.54, 1.807) is 42.2 Å². The second-order valence-corrected chi connectivity index (χ2v) is 7.99. The summed E-state index contributed by atoms with van der Waals surface area (Å²) in [5.74, 6) is 0.517. The van der Waals surface area contributed by atoms with Crippen molar-refractivity contribution >= 4 is 27.9 Å². The zero-order valence-electron chi connectivity index (χ0n) is 15.3. The van der Waals surface area contributed by atoms with Gasteiger partial charge in [-0.25, -0.2) is 4.79 Å². The average molecular weight is 413 g/mol. The molecule has 2 amide bonds. The Kier molecular flexibility index (Phi) is 5.98. The van der Waals surface area contributed by atoms with Crippen molar-refractivity contribution in [2.75, 3.05) is 27.2 Å². The van der Waals surface area contributed by atoms with Crippen LogP contribution in [0.3, 0.4) is 0 Å². The molecule has 0 radical (unpaired) electrons. The van der Waals surface area contributed by atoms with Crippen LogP contribution in [0.25, 0.3) is 0 Å². The first-order valence-corrected chi connectivity index (χ1v) is 9.00. The molecule has 1 saturated heterocycles. The second-order valence-electron chi connectivity index (χ2n) is 7.13. The minimum absolute atomic E-state index is 0.0434. The number of ether oxygens (including phenoxy) is 2. The van der Waals surface area contributed by atoms with E-state index in [2.05, 4.69) is 15.9 Å². The maximum atomic E-state index is 12.8. The molecule has 1 aromatic carbocycles. The van der Waals surface area contributed by atoms with Gasteiger partial charge in [-0.05, 0) is 61.3 Å². The zero-order chi connectivity index (χ0) is 18.8. The van der Waals surface area contributed by atoms with Crippen molar-refractivity contribution in [3.05, 3.63) is 28.2 Å². The van der Waals surface area contributed by atoms with Gasteiger partial charge in [0.1, 0.15) is 11.4 Å². The molecular weight excluding hydrogens is 388 g/mol. The Labute approximate surface area is 157 Å². The number of likely N-dealkylation sites (N-methyl/N-ethyl adjacent to an activating group) is 1. The van der Waals surface area contributed by atoms with Crippen LogP contribution in [0.2, 0.25) is 0 Å². The van der Waals surface area contributed by atoms with Crippen LogP contribution in [0.1, 0.15) is 37.6 Å². The number of carbonyl (C=O) groups excluding carboxylic acids is 2. The van der Waals surface area contributed by atoms with Crippen molar-refractivity contribution in [3.8, 4) is 5.75 Å². The summed E-state index contributed by atoms with van der Waals surface area (Å²) in [5, 5.41) is 0. The predicted molar refractivity (Wildman–Crippen MR) is 99.0 cm³/mol. The minimum Gasteiger partial charge on any atom is -0.497 e. The summed E-state index contributed by atoms with van der Waals surface area (Å²) in [5.41, 5.74) is 0.0140. The Balaban J connectivity index is 2.05. The molecule has 2 rings (SSSR count). The summed E-state index contributed by atoms with van der Waals surface area (Å²) in [4.78, 5) is 28.4. The van der Waals surface area contributed by atoms with Crippen LogP contribution in [0.5, 0.6) is 5.75 Å². The number of rotatable bonds is 3. The molecule has 0 spiro atoms. The van der Waals surface area contributed by atoms with E-state index >= 15 is 0 Å². The van der Waals surface area contributed by atoms with E-state index in [4.69, 9.17) is 9.47 Å². The fourth-order valence-electron chi connectivity index (χ4n) is 2.70. The third-order valence-electron chi connectivity index (χ3n) is 4.09. The van der Waals surface area contributed by atoms with E-state index in [0.717, 1.165) is 6.42 Å². The molecule has 0 aromatic heterocycles. The highest BCUT2D eigenvalue weighted by Gasteiger charge is 2.34. The molecular formula is C18H25BrN2O4. The van der Waals surface area contributed by atoms with Crippen LogP contribution >= 0.6 is 15.9 Å². The van der Waals surface area contributed by atoms with E-state index in [1.165, 1.54) is 0 Å². The lowest BCUT2D eigenvalue weighted by Gasteiger charge is -2.27. The van der Waals surface area contributed by atoms with Crippen LogP contribution in [0.4, 0.5) is 4.79 Å². The molecule has 1 aliphatic heterocycles. The van der Waals surface area contributed by atoms with Crippen molar-refractivity contribution in [1.29, 1.82) is 0 Å². The fourth-order valence-corrected chi connectivity index (χ4v) is 3.12. The normalized spacial score (nSPS) is 17.4. The lowest BCUT2D eigenvalue weighted by Crippen LogP contribution is -2.41. The minimum atomic E-state index is -0.525. The second kappa shape index (κ2) is 7.64. The number of amides is 2. The largest absolute Gasteiger partial charge is 0.497 e. The summed E-state index contributed by atoms with van der Waals surface area (Å²) in [6, 6.07) is 5.25. The SMILES string of the molecule is COc1ccc(Br)c(C(=O)N(C)C2CCN(C(=O)OC(C)(C)C)C2)c1. The smallest absolute Gasteiger partial charge is 0.410 e. The Hall–Kier alpha value is -1.76. The first-order chi connectivity index (χ1) is 11.6. The molecule has 7 heteroatoms. The molecule has 1 aliphatic rings. The standard InChI is InChI=1S/C18H25BrN2O4/c1-18(2,3)25-17(23)21-9-8-12(11-21)20(4)16(22)14-10-13(24-5)6-7-15(14)19/h6-7,10,12H,8-9,11H2,1-5H3. The number of hydrogen-bond donors (Lipinski definition) is 0. The highest BCUT2D eigenvalue weighted by Crippen LogP contribution is 2.26. The third-order valence-corrected chi connectivity index (χ3v) is 4.78. The van der Waals surface area contributed by atoms with Crippen LogP contribution in [0, 0.1) is 0 Å². The van der Waals surface area contributed by atoms with Gasteiger partial charge < -0.3 is 19.3 Å². The molecule has 0 aliphatic carbocycles. The monoisotopic (exact) mass is 412 g/mol. The number of likely N-dealkylation sites (tertiary alicyclic amines) is 1. The van der Waals surface area contributed by atoms with E-state index in [0.29, 0.717) is 28.9 Å². The van der Waals surface area contributed by atoms with Gasteiger partial charge in [-0.2, -0.15) is 0 Å². The van der Waals surface area contributed by atoms with E-state index in [9.17, 15) is 9.59 Å². The average Bonchev–Trinajstić information content (AvgIpc) is 3.02. The van der Waals surface area contributed by atoms with Gasteiger partial charge in [-0.1, -0.05) is 0 Å². The third kappa shape index (κ3) is 4.87. The number of methoxy groups -OCH3 is 1. The van der Waals surface area contributed by atoms with E-state index in [-0.39, 0.29) is 18.0 Å². The first kappa shape index (κ1) is 19.6. The summed E-state index contributed by atoms with van der Waals surface area (Å²) in [6.07, 6.45) is 0.390. The molecule has 0 N–H and O–H groups in total. The van der Waals surface area contributed by atoms with Crippen LogP contribution in [0.15, 0.2) is 22.7 Å². The summed E-state index contributed by atoms with van der Waals surface area (Å²) in [6.45, 7) is 6.58. The highest BCUT2D eigenvalue weighted by molar-refractivity contribution is 9.10. The molecule has 0 saturated carbocycles. The van der Waals surface area contributed by atoms with Gasteiger partial charge in [0.2, 0.25) is 0 Å². The van der Waals surface area contributed by atoms with Crippen molar-refractivity contribution in [3.63, 3.8) is 0 Å². The Morgan fingerprint density at radius 2 is 2.00 bits per heavy atom. The lowest BCUT2D eigenvalue weighted by molar-refractivity contribution is 0.0279.